The average molecular weight is 232 g/mol. The lowest BCUT2D eigenvalue weighted by atomic mass is 9.86. The Hall–Kier alpha value is -1.38. The van der Waals surface area contributed by atoms with Gasteiger partial charge in [0.2, 0.25) is 0 Å². The Morgan fingerprint density at radius 2 is 1.82 bits per heavy atom. The minimum atomic E-state index is 0.118. The Morgan fingerprint density at radius 3 is 2.41 bits per heavy atom. The normalized spacial score (nSPS) is 24.4. The van der Waals surface area contributed by atoms with Crippen LogP contribution in [0.1, 0.15) is 43.0 Å². The van der Waals surface area contributed by atoms with Gasteiger partial charge in [-0.2, -0.15) is 0 Å². The molecule has 0 saturated heterocycles. The molecule has 1 saturated carbocycles. The van der Waals surface area contributed by atoms with Crippen molar-refractivity contribution in [2.24, 2.45) is 5.92 Å². The van der Waals surface area contributed by atoms with E-state index in [4.69, 9.17) is 0 Å². The monoisotopic (exact) mass is 232 g/mol. The zero-order chi connectivity index (χ0) is 12.3. The van der Waals surface area contributed by atoms with Crippen LogP contribution in [0, 0.1) is 5.92 Å². The van der Waals surface area contributed by atoms with E-state index in [0.717, 1.165) is 24.3 Å². The molecule has 1 aliphatic rings. The number of pyridine rings is 1. The number of hydrogen-bond acceptors (Lipinski definition) is 2. The summed E-state index contributed by atoms with van der Waals surface area (Å²) in [6.45, 7) is 2.29. The van der Waals surface area contributed by atoms with E-state index in [1.54, 1.807) is 24.5 Å². The standard InChI is InChI=1S/C14H20N2O/c1-11-3-5-13(6-4-11)16(2)14(17)12-7-9-15-10-8-12/h7-11,13H,3-6H2,1-2H3. The van der Waals surface area contributed by atoms with Gasteiger partial charge in [0.25, 0.3) is 5.91 Å². The van der Waals surface area contributed by atoms with Crippen LogP contribution in [0.25, 0.3) is 0 Å². The second-order valence-electron chi connectivity index (χ2n) is 5.07. The lowest BCUT2D eigenvalue weighted by Crippen LogP contribution is -2.39. The summed E-state index contributed by atoms with van der Waals surface area (Å²) in [4.78, 5) is 18.1. The summed E-state index contributed by atoms with van der Waals surface area (Å²) < 4.78 is 0. The lowest BCUT2D eigenvalue weighted by molar-refractivity contribution is 0.0679. The molecular weight excluding hydrogens is 212 g/mol. The average Bonchev–Trinajstić information content (AvgIpc) is 2.39. The number of carbonyl (C=O) groups excluding carboxylic acids is 1. The van der Waals surface area contributed by atoms with Crippen LogP contribution in [-0.4, -0.2) is 28.9 Å². The van der Waals surface area contributed by atoms with Crippen LogP contribution < -0.4 is 0 Å². The fourth-order valence-electron chi connectivity index (χ4n) is 2.49. The van der Waals surface area contributed by atoms with Gasteiger partial charge >= 0.3 is 0 Å². The van der Waals surface area contributed by atoms with E-state index in [0.29, 0.717) is 6.04 Å². The summed E-state index contributed by atoms with van der Waals surface area (Å²) in [6, 6.07) is 3.97. The first-order valence-electron chi connectivity index (χ1n) is 6.35. The SMILES string of the molecule is CC1CCC(N(C)C(=O)c2ccncc2)CC1. The molecule has 1 aromatic rings. The molecule has 1 aliphatic carbocycles. The second kappa shape index (κ2) is 5.30. The maximum Gasteiger partial charge on any atom is 0.253 e. The van der Waals surface area contributed by atoms with Crippen molar-refractivity contribution in [2.75, 3.05) is 7.05 Å². The van der Waals surface area contributed by atoms with E-state index in [9.17, 15) is 4.79 Å². The molecule has 0 N–H and O–H groups in total. The van der Waals surface area contributed by atoms with Gasteiger partial charge in [0, 0.05) is 31.0 Å². The molecule has 1 amide bonds. The molecule has 3 nitrogen and oxygen atoms in total. The van der Waals surface area contributed by atoms with Gasteiger partial charge in [0.05, 0.1) is 0 Å². The fourth-order valence-corrected chi connectivity index (χ4v) is 2.49. The Bertz CT molecular complexity index is 369. The van der Waals surface area contributed by atoms with E-state index >= 15 is 0 Å². The van der Waals surface area contributed by atoms with Gasteiger partial charge < -0.3 is 4.90 Å². The maximum absolute atomic E-state index is 12.2. The summed E-state index contributed by atoms with van der Waals surface area (Å²) in [5.41, 5.74) is 0.737. The highest BCUT2D eigenvalue weighted by Crippen LogP contribution is 2.27. The summed E-state index contributed by atoms with van der Waals surface area (Å²) in [7, 11) is 1.92. The van der Waals surface area contributed by atoms with E-state index in [1.807, 2.05) is 11.9 Å². The summed E-state index contributed by atoms with van der Waals surface area (Å²) in [5, 5.41) is 0. The third-order valence-corrected chi connectivity index (χ3v) is 3.78. The topological polar surface area (TPSA) is 33.2 Å². The lowest BCUT2D eigenvalue weighted by Gasteiger charge is -2.33. The number of carbonyl (C=O) groups is 1. The molecule has 0 aromatic carbocycles. The van der Waals surface area contributed by atoms with Gasteiger partial charge in [-0.25, -0.2) is 0 Å². The van der Waals surface area contributed by atoms with Crippen molar-refractivity contribution in [3.8, 4) is 0 Å². The molecule has 1 heterocycles. The van der Waals surface area contributed by atoms with Gasteiger partial charge in [-0.05, 0) is 43.7 Å². The predicted molar refractivity (Wildman–Crippen MR) is 67.8 cm³/mol. The largest absolute Gasteiger partial charge is 0.339 e. The van der Waals surface area contributed by atoms with Crippen LogP contribution in [0.2, 0.25) is 0 Å². The highest BCUT2D eigenvalue weighted by atomic mass is 16.2. The quantitative estimate of drug-likeness (QED) is 0.785. The molecule has 0 radical (unpaired) electrons. The van der Waals surface area contributed by atoms with Gasteiger partial charge in [0.15, 0.2) is 0 Å². The van der Waals surface area contributed by atoms with E-state index in [2.05, 4.69) is 11.9 Å². The summed E-state index contributed by atoms with van der Waals surface area (Å²) >= 11 is 0. The highest BCUT2D eigenvalue weighted by molar-refractivity contribution is 5.94. The number of amides is 1. The summed E-state index contributed by atoms with van der Waals surface area (Å²) in [6.07, 6.45) is 8.08. The van der Waals surface area contributed by atoms with Crippen molar-refractivity contribution in [3.05, 3.63) is 30.1 Å². The Morgan fingerprint density at radius 1 is 1.24 bits per heavy atom. The Labute approximate surface area is 103 Å². The minimum Gasteiger partial charge on any atom is -0.339 e. The second-order valence-corrected chi connectivity index (χ2v) is 5.07. The van der Waals surface area contributed by atoms with E-state index in [1.165, 1.54) is 12.8 Å². The molecule has 17 heavy (non-hydrogen) atoms. The van der Waals surface area contributed by atoms with Gasteiger partial charge in [0.1, 0.15) is 0 Å². The molecule has 1 fully saturated rings. The minimum absolute atomic E-state index is 0.118. The van der Waals surface area contributed by atoms with Gasteiger partial charge in [-0.1, -0.05) is 6.92 Å². The number of nitrogens with zero attached hydrogens (tertiary/aromatic N) is 2. The van der Waals surface area contributed by atoms with Crippen molar-refractivity contribution in [1.29, 1.82) is 0 Å². The molecular formula is C14H20N2O. The number of aromatic nitrogens is 1. The molecule has 0 bridgehead atoms. The van der Waals surface area contributed by atoms with Crippen LogP contribution in [0.3, 0.4) is 0 Å². The molecule has 1 aromatic heterocycles. The zero-order valence-corrected chi connectivity index (χ0v) is 10.6. The molecule has 0 aliphatic heterocycles. The van der Waals surface area contributed by atoms with Crippen molar-refractivity contribution in [2.45, 2.75) is 38.6 Å². The Kier molecular flexibility index (Phi) is 3.77. The highest BCUT2D eigenvalue weighted by Gasteiger charge is 2.25. The molecule has 3 heteroatoms. The van der Waals surface area contributed by atoms with Crippen LogP contribution in [-0.2, 0) is 0 Å². The maximum atomic E-state index is 12.2. The smallest absolute Gasteiger partial charge is 0.253 e. The van der Waals surface area contributed by atoms with E-state index in [-0.39, 0.29) is 5.91 Å². The first-order chi connectivity index (χ1) is 8.18. The van der Waals surface area contributed by atoms with Crippen molar-refractivity contribution < 1.29 is 4.79 Å². The third-order valence-electron chi connectivity index (χ3n) is 3.78. The van der Waals surface area contributed by atoms with Gasteiger partial charge in [-0.3, -0.25) is 9.78 Å². The van der Waals surface area contributed by atoms with Crippen LogP contribution in [0.5, 0.6) is 0 Å². The molecule has 0 atom stereocenters. The predicted octanol–water partition coefficient (Wildman–Crippen LogP) is 2.73. The van der Waals surface area contributed by atoms with Crippen molar-refractivity contribution in [1.82, 2.24) is 9.88 Å². The van der Waals surface area contributed by atoms with E-state index < -0.39 is 0 Å². The van der Waals surface area contributed by atoms with Crippen molar-refractivity contribution in [3.63, 3.8) is 0 Å². The molecule has 92 valence electrons. The third kappa shape index (κ3) is 2.84. The van der Waals surface area contributed by atoms with Crippen molar-refractivity contribution >= 4 is 5.91 Å². The molecule has 0 spiro atoms. The molecule has 2 rings (SSSR count). The van der Waals surface area contributed by atoms with Crippen LogP contribution in [0.4, 0.5) is 0 Å². The first-order valence-corrected chi connectivity index (χ1v) is 6.35. The fraction of sp³-hybridized carbons (Fsp3) is 0.571. The molecule has 0 unspecified atom stereocenters. The van der Waals surface area contributed by atoms with Gasteiger partial charge in [-0.15, -0.1) is 0 Å². The Balaban J connectivity index is 2.00. The van der Waals surface area contributed by atoms with Crippen LogP contribution in [0.15, 0.2) is 24.5 Å². The first kappa shape index (κ1) is 12.1. The number of rotatable bonds is 2. The van der Waals surface area contributed by atoms with Crippen LogP contribution >= 0.6 is 0 Å². The number of hydrogen-bond donors (Lipinski definition) is 0. The summed E-state index contributed by atoms with van der Waals surface area (Å²) in [5.74, 6) is 0.933. The zero-order valence-electron chi connectivity index (χ0n) is 10.6.